The van der Waals surface area contributed by atoms with E-state index in [0.29, 0.717) is 12.3 Å². The summed E-state index contributed by atoms with van der Waals surface area (Å²) in [7, 11) is 1.61. The van der Waals surface area contributed by atoms with Crippen LogP contribution in [0, 0.1) is 0 Å². The first-order valence-electron chi connectivity index (χ1n) is 8.13. The van der Waals surface area contributed by atoms with Gasteiger partial charge in [0.25, 0.3) is 0 Å². The predicted octanol–water partition coefficient (Wildman–Crippen LogP) is 2.80. The minimum atomic E-state index is -0.280. The van der Waals surface area contributed by atoms with Crippen LogP contribution in [0.4, 0.5) is 11.4 Å². The van der Waals surface area contributed by atoms with Crippen LogP contribution in [-0.4, -0.2) is 30.7 Å². The van der Waals surface area contributed by atoms with Gasteiger partial charge in [0.15, 0.2) is 0 Å². The minimum absolute atomic E-state index is 0.0124. The molecule has 0 radical (unpaired) electrons. The Bertz CT molecular complexity index is 717. The van der Waals surface area contributed by atoms with Gasteiger partial charge in [0.2, 0.25) is 5.91 Å². The van der Waals surface area contributed by atoms with Gasteiger partial charge >= 0.3 is 0 Å². The molecule has 1 heterocycles. The van der Waals surface area contributed by atoms with E-state index in [4.69, 9.17) is 4.74 Å². The fourth-order valence-corrected chi connectivity index (χ4v) is 3.06. The topological polar surface area (TPSA) is 61.8 Å². The number of aliphatic hydroxyl groups excluding tert-OH is 1. The summed E-state index contributed by atoms with van der Waals surface area (Å²) in [5, 5.41) is 12.6. The number of carbonyl (C=O) groups excluding carboxylic acids is 1. The second kappa shape index (κ2) is 7.36. The smallest absolute Gasteiger partial charge is 0.249 e. The Morgan fingerprint density at radius 2 is 2.08 bits per heavy atom. The van der Waals surface area contributed by atoms with Gasteiger partial charge in [0, 0.05) is 12.2 Å². The van der Waals surface area contributed by atoms with Gasteiger partial charge in [-0.2, -0.15) is 0 Å². The first kappa shape index (κ1) is 16.3. The Morgan fingerprint density at radius 1 is 1.25 bits per heavy atom. The number of anilines is 2. The molecule has 3 rings (SSSR count). The summed E-state index contributed by atoms with van der Waals surface area (Å²) < 4.78 is 5.39. The van der Waals surface area contributed by atoms with Crippen molar-refractivity contribution in [3.8, 4) is 5.75 Å². The summed E-state index contributed by atoms with van der Waals surface area (Å²) in [4.78, 5) is 14.7. The van der Waals surface area contributed by atoms with Crippen LogP contribution in [0.25, 0.3) is 0 Å². The largest absolute Gasteiger partial charge is 0.495 e. The molecule has 1 aliphatic rings. The molecule has 0 spiro atoms. The van der Waals surface area contributed by atoms with Crippen molar-refractivity contribution in [1.82, 2.24) is 0 Å². The molecule has 0 bridgehead atoms. The minimum Gasteiger partial charge on any atom is -0.495 e. The Labute approximate surface area is 141 Å². The maximum absolute atomic E-state index is 12.9. The molecular weight excluding hydrogens is 304 g/mol. The molecule has 0 aromatic heterocycles. The van der Waals surface area contributed by atoms with E-state index in [1.165, 1.54) is 0 Å². The Kier molecular flexibility index (Phi) is 5.01. The molecule has 1 saturated heterocycles. The fraction of sp³-hybridized carbons (Fsp3) is 0.316. The summed E-state index contributed by atoms with van der Waals surface area (Å²) in [6.45, 7) is 0.676. The molecule has 2 N–H and O–H groups in total. The summed E-state index contributed by atoms with van der Waals surface area (Å²) in [5.41, 5.74) is 2.48. The first-order valence-corrected chi connectivity index (χ1v) is 8.13. The highest BCUT2D eigenvalue weighted by atomic mass is 16.5. The zero-order valence-corrected chi connectivity index (χ0v) is 13.7. The number of methoxy groups -OCH3 is 1. The molecule has 2 aromatic rings. The number of nitrogens with zero attached hydrogens (tertiary/aromatic N) is 1. The number of hydrogen-bond acceptors (Lipinski definition) is 4. The highest BCUT2D eigenvalue weighted by molar-refractivity contribution is 6.00. The van der Waals surface area contributed by atoms with Gasteiger partial charge in [0.1, 0.15) is 11.8 Å². The van der Waals surface area contributed by atoms with E-state index in [2.05, 4.69) is 5.32 Å². The van der Waals surface area contributed by atoms with E-state index >= 15 is 0 Å². The van der Waals surface area contributed by atoms with Crippen molar-refractivity contribution in [2.75, 3.05) is 23.9 Å². The van der Waals surface area contributed by atoms with Crippen molar-refractivity contribution in [1.29, 1.82) is 0 Å². The van der Waals surface area contributed by atoms with E-state index in [1.807, 2.05) is 48.5 Å². The first-order chi connectivity index (χ1) is 11.7. The SMILES string of the molecule is COc1ccccc1N1CCC[C@@H](Nc2cccc(CO)c2)C1=O. The monoisotopic (exact) mass is 326 g/mol. The lowest BCUT2D eigenvalue weighted by Crippen LogP contribution is -2.47. The lowest BCUT2D eigenvalue weighted by atomic mass is 10.0. The molecule has 1 amide bonds. The number of carbonyl (C=O) groups is 1. The van der Waals surface area contributed by atoms with E-state index in [-0.39, 0.29) is 18.6 Å². The number of hydrogen-bond donors (Lipinski definition) is 2. The normalized spacial score (nSPS) is 17.7. The maximum Gasteiger partial charge on any atom is 0.249 e. The van der Waals surface area contributed by atoms with Crippen LogP contribution in [0.2, 0.25) is 0 Å². The average molecular weight is 326 g/mol. The number of rotatable bonds is 5. The quantitative estimate of drug-likeness (QED) is 0.887. The molecule has 1 aliphatic heterocycles. The van der Waals surface area contributed by atoms with Crippen LogP contribution < -0.4 is 15.0 Å². The number of para-hydroxylation sites is 2. The van der Waals surface area contributed by atoms with Crippen molar-refractivity contribution in [3.05, 3.63) is 54.1 Å². The zero-order valence-electron chi connectivity index (χ0n) is 13.7. The third-order valence-corrected chi connectivity index (χ3v) is 4.27. The highest BCUT2D eigenvalue weighted by Gasteiger charge is 2.30. The molecule has 0 saturated carbocycles. The van der Waals surface area contributed by atoms with Gasteiger partial charge < -0.3 is 20.1 Å². The molecule has 0 unspecified atom stereocenters. The second-order valence-electron chi connectivity index (χ2n) is 5.86. The van der Waals surface area contributed by atoms with Crippen LogP contribution in [0.5, 0.6) is 5.75 Å². The van der Waals surface area contributed by atoms with Gasteiger partial charge in [-0.05, 0) is 42.7 Å². The van der Waals surface area contributed by atoms with Gasteiger partial charge in [0.05, 0.1) is 19.4 Å². The Morgan fingerprint density at radius 3 is 2.88 bits per heavy atom. The molecule has 24 heavy (non-hydrogen) atoms. The van der Waals surface area contributed by atoms with Gasteiger partial charge in [-0.25, -0.2) is 0 Å². The van der Waals surface area contributed by atoms with E-state index in [1.54, 1.807) is 12.0 Å². The second-order valence-corrected chi connectivity index (χ2v) is 5.86. The number of ether oxygens (including phenoxy) is 1. The molecular formula is C19H22N2O3. The van der Waals surface area contributed by atoms with Gasteiger partial charge in [-0.3, -0.25) is 4.79 Å². The van der Waals surface area contributed by atoms with Crippen molar-refractivity contribution < 1.29 is 14.6 Å². The van der Waals surface area contributed by atoms with Crippen LogP contribution in [0.15, 0.2) is 48.5 Å². The lowest BCUT2D eigenvalue weighted by Gasteiger charge is -2.33. The number of benzene rings is 2. The molecule has 126 valence electrons. The third kappa shape index (κ3) is 3.36. The van der Waals surface area contributed by atoms with Crippen LogP contribution >= 0.6 is 0 Å². The van der Waals surface area contributed by atoms with Crippen LogP contribution in [0.3, 0.4) is 0 Å². The van der Waals surface area contributed by atoms with Crippen molar-refractivity contribution >= 4 is 17.3 Å². The highest BCUT2D eigenvalue weighted by Crippen LogP contribution is 2.31. The average Bonchev–Trinajstić information content (AvgIpc) is 2.63. The number of piperidine rings is 1. The van der Waals surface area contributed by atoms with E-state index in [9.17, 15) is 9.90 Å². The van der Waals surface area contributed by atoms with Crippen molar-refractivity contribution in [2.24, 2.45) is 0 Å². The van der Waals surface area contributed by atoms with E-state index in [0.717, 1.165) is 29.8 Å². The lowest BCUT2D eigenvalue weighted by molar-refractivity contribution is -0.120. The molecule has 5 heteroatoms. The number of amides is 1. The molecule has 5 nitrogen and oxygen atoms in total. The Hall–Kier alpha value is -2.53. The molecule has 0 aliphatic carbocycles. The molecule has 1 fully saturated rings. The molecule has 2 aromatic carbocycles. The van der Waals surface area contributed by atoms with Crippen LogP contribution in [-0.2, 0) is 11.4 Å². The fourth-order valence-electron chi connectivity index (χ4n) is 3.06. The summed E-state index contributed by atoms with van der Waals surface area (Å²) in [6.07, 6.45) is 1.70. The predicted molar refractivity (Wildman–Crippen MR) is 94.4 cm³/mol. The van der Waals surface area contributed by atoms with Crippen LogP contribution in [0.1, 0.15) is 18.4 Å². The maximum atomic E-state index is 12.9. The van der Waals surface area contributed by atoms with Crippen molar-refractivity contribution in [3.63, 3.8) is 0 Å². The Balaban J connectivity index is 1.79. The van der Waals surface area contributed by atoms with Gasteiger partial charge in [-0.1, -0.05) is 24.3 Å². The van der Waals surface area contributed by atoms with E-state index < -0.39 is 0 Å². The zero-order chi connectivity index (χ0) is 16.9. The number of aliphatic hydroxyl groups is 1. The number of nitrogens with one attached hydrogen (secondary N) is 1. The summed E-state index contributed by atoms with van der Waals surface area (Å²) >= 11 is 0. The summed E-state index contributed by atoms with van der Waals surface area (Å²) in [6, 6.07) is 14.8. The summed E-state index contributed by atoms with van der Waals surface area (Å²) in [5.74, 6) is 0.744. The van der Waals surface area contributed by atoms with Gasteiger partial charge in [-0.15, -0.1) is 0 Å². The third-order valence-electron chi connectivity index (χ3n) is 4.27. The van der Waals surface area contributed by atoms with Crippen molar-refractivity contribution in [2.45, 2.75) is 25.5 Å². The standard InChI is InChI=1S/C19H22N2O3/c1-24-18-10-3-2-9-17(18)21-11-5-8-16(19(21)23)20-15-7-4-6-14(12-15)13-22/h2-4,6-7,9-10,12,16,20,22H,5,8,11,13H2,1H3/t16-/m1/s1. The molecule has 1 atom stereocenters.